The molecule has 4 nitrogen and oxygen atoms in total. The van der Waals surface area contributed by atoms with Crippen LogP contribution in [0.25, 0.3) is 0 Å². The van der Waals surface area contributed by atoms with E-state index in [1.54, 1.807) is 24.4 Å². The molecule has 1 fully saturated rings. The maximum Gasteiger partial charge on any atom is 0.229 e. The molecule has 3 rings (SSSR count). The first kappa shape index (κ1) is 16.8. The average Bonchev–Trinajstić information content (AvgIpc) is 2.51. The Labute approximate surface area is 154 Å². The van der Waals surface area contributed by atoms with Gasteiger partial charge >= 0.3 is 0 Å². The van der Waals surface area contributed by atoms with Gasteiger partial charge in [-0.15, -0.1) is 0 Å². The third kappa shape index (κ3) is 4.72. The Morgan fingerprint density at radius 2 is 1.74 bits per heavy atom. The fourth-order valence-corrected chi connectivity index (χ4v) is 3.56. The number of nitrogens with zero attached hydrogens (tertiary/aromatic N) is 2. The van der Waals surface area contributed by atoms with E-state index in [4.69, 9.17) is 23.2 Å². The van der Waals surface area contributed by atoms with Crippen molar-refractivity contribution in [1.82, 2.24) is 9.97 Å². The third-order valence-corrected chi connectivity index (χ3v) is 4.83. The van der Waals surface area contributed by atoms with Gasteiger partial charge in [-0.05, 0) is 47.0 Å². The molecular formula is C16H17BrCl2N4. The van der Waals surface area contributed by atoms with Gasteiger partial charge in [-0.25, -0.2) is 4.98 Å². The first-order valence-corrected chi connectivity index (χ1v) is 9.17. The van der Waals surface area contributed by atoms with Crippen LogP contribution >= 0.6 is 39.1 Å². The Kier molecular flexibility index (Phi) is 5.62. The molecule has 0 unspecified atom stereocenters. The maximum absolute atomic E-state index is 6.02. The van der Waals surface area contributed by atoms with Crippen LogP contribution in [-0.4, -0.2) is 16.0 Å². The van der Waals surface area contributed by atoms with Gasteiger partial charge in [0.1, 0.15) is 5.82 Å². The summed E-state index contributed by atoms with van der Waals surface area (Å²) in [6.07, 6.45) is 7.98. The van der Waals surface area contributed by atoms with Crippen molar-refractivity contribution in [1.29, 1.82) is 0 Å². The lowest BCUT2D eigenvalue weighted by molar-refractivity contribution is 0.461. The maximum atomic E-state index is 6.02. The van der Waals surface area contributed by atoms with Crippen molar-refractivity contribution in [2.24, 2.45) is 0 Å². The lowest BCUT2D eigenvalue weighted by Crippen LogP contribution is -2.23. The summed E-state index contributed by atoms with van der Waals surface area (Å²) in [4.78, 5) is 8.85. The molecule has 7 heteroatoms. The topological polar surface area (TPSA) is 49.8 Å². The number of aromatic nitrogens is 2. The zero-order chi connectivity index (χ0) is 16.2. The largest absolute Gasteiger partial charge is 0.366 e. The molecule has 1 aromatic carbocycles. The Balaban J connectivity index is 1.76. The number of nitrogens with one attached hydrogen (secondary N) is 2. The fraction of sp³-hybridized carbons (Fsp3) is 0.375. The quantitative estimate of drug-likeness (QED) is 0.639. The number of halogens is 3. The lowest BCUT2D eigenvalue weighted by atomic mass is 9.95. The van der Waals surface area contributed by atoms with Crippen LogP contribution in [0.3, 0.4) is 0 Å². The van der Waals surface area contributed by atoms with E-state index in [9.17, 15) is 0 Å². The van der Waals surface area contributed by atoms with Gasteiger partial charge in [0.2, 0.25) is 5.95 Å². The van der Waals surface area contributed by atoms with Crippen LogP contribution in [0.5, 0.6) is 0 Å². The van der Waals surface area contributed by atoms with E-state index in [0.717, 1.165) is 16.0 Å². The molecule has 2 N–H and O–H groups in total. The van der Waals surface area contributed by atoms with Crippen LogP contribution in [0.1, 0.15) is 32.1 Å². The van der Waals surface area contributed by atoms with E-state index in [0.29, 0.717) is 22.0 Å². The molecule has 23 heavy (non-hydrogen) atoms. The van der Waals surface area contributed by atoms with Gasteiger partial charge in [-0.2, -0.15) is 4.98 Å². The van der Waals surface area contributed by atoms with Gasteiger partial charge in [0.15, 0.2) is 0 Å². The fourth-order valence-electron chi connectivity index (χ4n) is 2.72. The van der Waals surface area contributed by atoms with Gasteiger partial charge in [-0.3, -0.25) is 0 Å². The SMILES string of the molecule is Clc1cc(Cl)cc(Nc2ncc(Br)c(NC3CCCCC3)n2)c1. The van der Waals surface area contributed by atoms with E-state index in [2.05, 4.69) is 36.5 Å². The Morgan fingerprint density at radius 1 is 1.04 bits per heavy atom. The predicted octanol–water partition coefficient (Wildman–Crippen LogP) is 6.03. The molecule has 1 saturated carbocycles. The van der Waals surface area contributed by atoms with Crippen molar-refractivity contribution in [2.45, 2.75) is 38.1 Å². The van der Waals surface area contributed by atoms with Gasteiger partial charge in [0.25, 0.3) is 0 Å². The molecule has 0 amide bonds. The molecule has 1 aliphatic carbocycles. The molecule has 0 bridgehead atoms. The monoisotopic (exact) mass is 414 g/mol. The summed E-state index contributed by atoms with van der Waals surface area (Å²) >= 11 is 15.5. The highest BCUT2D eigenvalue weighted by molar-refractivity contribution is 9.10. The minimum Gasteiger partial charge on any atom is -0.366 e. The van der Waals surface area contributed by atoms with Crippen molar-refractivity contribution in [2.75, 3.05) is 10.6 Å². The summed E-state index contributed by atoms with van der Waals surface area (Å²) in [5, 5.41) is 7.78. The molecule has 1 aliphatic rings. The zero-order valence-electron chi connectivity index (χ0n) is 12.5. The normalized spacial score (nSPS) is 15.4. The van der Waals surface area contributed by atoms with Crippen LogP contribution < -0.4 is 10.6 Å². The van der Waals surface area contributed by atoms with Gasteiger partial charge in [0.05, 0.1) is 4.47 Å². The second-order valence-corrected chi connectivity index (χ2v) is 7.38. The van der Waals surface area contributed by atoms with E-state index in [-0.39, 0.29) is 0 Å². The molecule has 1 aromatic heterocycles. The van der Waals surface area contributed by atoms with Crippen molar-refractivity contribution in [3.63, 3.8) is 0 Å². The number of hydrogen-bond acceptors (Lipinski definition) is 4. The second-order valence-electron chi connectivity index (χ2n) is 5.65. The Morgan fingerprint density at radius 3 is 2.43 bits per heavy atom. The summed E-state index contributed by atoms with van der Waals surface area (Å²) in [6.45, 7) is 0. The third-order valence-electron chi connectivity index (χ3n) is 3.81. The average molecular weight is 416 g/mol. The second kappa shape index (κ2) is 7.69. The molecule has 2 aromatic rings. The highest BCUT2D eigenvalue weighted by Gasteiger charge is 2.15. The smallest absolute Gasteiger partial charge is 0.229 e. The standard InChI is InChI=1S/C16H17BrCl2N4/c17-14-9-20-16(22-13-7-10(18)6-11(19)8-13)23-15(14)21-12-4-2-1-3-5-12/h6-9,12H,1-5H2,(H2,20,21,22,23). The van der Waals surface area contributed by atoms with Crippen LogP contribution in [0.4, 0.5) is 17.5 Å². The molecule has 0 radical (unpaired) electrons. The first-order chi connectivity index (χ1) is 11.1. The van der Waals surface area contributed by atoms with Crippen LogP contribution in [0.15, 0.2) is 28.9 Å². The zero-order valence-corrected chi connectivity index (χ0v) is 15.5. The summed E-state index contributed by atoms with van der Waals surface area (Å²) in [5.41, 5.74) is 0.758. The number of rotatable bonds is 4. The predicted molar refractivity (Wildman–Crippen MR) is 100.0 cm³/mol. The summed E-state index contributed by atoms with van der Waals surface area (Å²) < 4.78 is 0.859. The first-order valence-electron chi connectivity index (χ1n) is 7.62. The molecule has 0 atom stereocenters. The summed E-state index contributed by atoms with van der Waals surface area (Å²) in [6, 6.07) is 5.73. The van der Waals surface area contributed by atoms with Crippen LogP contribution in [-0.2, 0) is 0 Å². The van der Waals surface area contributed by atoms with Crippen LogP contribution in [0.2, 0.25) is 10.0 Å². The van der Waals surface area contributed by atoms with E-state index in [1.807, 2.05) is 0 Å². The van der Waals surface area contributed by atoms with Gasteiger partial charge < -0.3 is 10.6 Å². The van der Waals surface area contributed by atoms with E-state index >= 15 is 0 Å². The Bertz CT molecular complexity index is 670. The van der Waals surface area contributed by atoms with Crippen molar-refractivity contribution in [3.8, 4) is 0 Å². The molecule has 0 spiro atoms. The summed E-state index contributed by atoms with van der Waals surface area (Å²) in [7, 11) is 0. The highest BCUT2D eigenvalue weighted by Crippen LogP contribution is 2.28. The van der Waals surface area contributed by atoms with E-state index < -0.39 is 0 Å². The minimum atomic E-state index is 0.475. The molecule has 1 heterocycles. The van der Waals surface area contributed by atoms with Crippen LogP contribution in [0, 0.1) is 0 Å². The van der Waals surface area contributed by atoms with Crippen molar-refractivity contribution in [3.05, 3.63) is 38.9 Å². The number of anilines is 3. The molecule has 122 valence electrons. The molecule has 0 aliphatic heterocycles. The van der Waals surface area contributed by atoms with Gasteiger partial charge in [-0.1, -0.05) is 42.5 Å². The van der Waals surface area contributed by atoms with Gasteiger partial charge in [0, 0.05) is 28.0 Å². The van der Waals surface area contributed by atoms with E-state index in [1.165, 1.54) is 32.1 Å². The lowest BCUT2D eigenvalue weighted by Gasteiger charge is -2.23. The summed E-state index contributed by atoms with van der Waals surface area (Å²) in [5.74, 6) is 1.31. The molecule has 0 saturated heterocycles. The minimum absolute atomic E-state index is 0.475. The number of benzene rings is 1. The van der Waals surface area contributed by atoms with Crippen molar-refractivity contribution < 1.29 is 0 Å². The highest BCUT2D eigenvalue weighted by atomic mass is 79.9. The molecular weight excluding hydrogens is 399 g/mol. The van der Waals surface area contributed by atoms with Crippen molar-refractivity contribution >= 4 is 56.6 Å². The Hall–Kier alpha value is -1.04. The number of hydrogen-bond donors (Lipinski definition) is 2.